The molecule has 78 valence electrons. The van der Waals surface area contributed by atoms with E-state index in [0.29, 0.717) is 0 Å². The summed E-state index contributed by atoms with van der Waals surface area (Å²) in [4.78, 5) is 4.43. The van der Waals surface area contributed by atoms with Crippen molar-refractivity contribution in [3.8, 4) is 0 Å². The molecule has 0 aliphatic carbocycles. The first-order valence-corrected chi connectivity index (χ1v) is 5.54. The first-order chi connectivity index (χ1) is 7.43. The lowest BCUT2D eigenvalue weighted by Crippen LogP contribution is -2.14. The molecule has 1 aliphatic heterocycles. The number of hydrogen-bond donors (Lipinski definition) is 1. The highest BCUT2D eigenvalue weighted by atomic mass is 15.0. The average Bonchev–Trinajstić information content (AvgIpc) is 2.89. The molecule has 1 unspecified atom stereocenters. The maximum atomic E-state index is 4.43. The molecule has 0 bridgehead atoms. The summed E-state index contributed by atoms with van der Waals surface area (Å²) in [7, 11) is 0. The fraction of sp³-hybridized carbons (Fsp3) is 0.417. The van der Waals surface area contributed by atoms with Gasteiger partial charge in [-0.25, -0.2) is 4.98 Å². The molecule has 0 spiro atoms. The maximum Gasteiger partial charge on any atom is 0.139 e. The van der Waals surface area contributed by atoms with E-state index >= 15 is 0 Å². The van der Waals surface area contributed by atoms with Gasteiger partial charge in [-0.05, 0) is 43.6 Å². The van der Waals surface area contributed by atoms with Gasteiger partial charge < -0.3 is 9.88 Å². The Morgan fingerprint density at radius 2 is 2.47 bits per heavy atom. The summed E-state index contributed by atoms with van der Waals surface area (Å²) >= 11 is 0. The molecule has 1 atom stereocenters. The van der Waals surface area contributed by atoms with Gasteiger partial charge in [-0.15, -0.1) is 0 Å². The molecule has 1 fully saturated rings. The van der Waals surface area contributed by atoms with Gasteiger partial charge in [0.1, 0.15) is 5.65 Å². The first kappa shape index (κ1) is 8.92. The van der Waals surface area contributed by atoms with Crippen LogP contribution in [0.3, 0.4) is 0 Å². The smallest absolute Gasteiger partial charge is 0.139 e. The average molecular weight is 201 g/mol. The summed E-state index contributed by atoms with van der Waals surface area (Å²) in [5.74, 6) is 0.766. The summed E-state index contributed by atoms with van der Waals surface area (Å²) in [6, 6.07) is 6.25. The molecule has 0 aromatic carbocycles. The minimum atomic E-state index is 0.766. The van der Waals surface area contributed by atoms with Gasteiger partial charge >= 0.3 is 0 Å². The van der Waals surface area contributed by atoms with Gasteiger partial charge in [0, 0.05) is 24.3 Å². The molecule has 2 aromatic heterocycles. The second kappa shape index (κ2) is 3.66. The highest BCUT2D eigenvalue weighted by molar-refractivity contribution is 5.75. The van der Waals surface area contributed by atoms with Crippen molar-refractivity contribution in [2.24, 2.45) is 5.92 Å². The SMILES string of the molecule is c1cnc2c(c1)ccn2CC1CCNC1. The number of rotatable bonds is 2. The van der Waals surface area contributed by atoms with Crippen LogP contribution in [0.2, 0.25) is 0 Å². The minimum Gasteiger partial charge on any atom is -0.332 e. The molecule has 0 amide bonds. The molecule has 0 radical (unpaired) electrons. The Balaban J connectivity index is 1.90. The van der Waals surface area contributed by atoms with Gasteiger partial charge in [0.15, 0.2) is 0 Å². The van der Waals surface area contributed by atoms with Gasteiger partial charge in [-0.2, -0.15) is 0 Å². The topological polar surface area (TPSA) is 29.9 Å². The Bertz CT molecular complexity index is 455. The molecule has 0 saturated carbocycles. The van der Waals surface area contributed by atoms with Crippen LogP contribution in [0.15, 0.2) is 30.6 Å². The van der Waals surface area contributed by atoms with Crippen molar-refractivity contribution >= 4 is 11.0 Å². The van der Waals surface area contributed by atoms with E-state index in [1.165, 1.54) is 11.8 Å². The normalized spacial score (nSPS) is 21.2. The third-order valence-electron chi connectivity index (χ3n) is 3.14. The summed E-state index contributed by atoms with van der Waals surface area (Å²) in [6.45, 7) is 3.40. The Morgan fingerprint density at radius 1 is 1.47 bits per heavy atom. The van der Waals surface area contributed by atoms with Crippen LogP contribution >= 0.6 is 0 Å². The number of fused-ring (bicyclic) bond motifs is 1. The fourth-order valence-corrected chi connectivity index (χ4v) is 2.32. The Morgan fingerprint density at radius 3 is 3.33 bits per heavy atom. The summed E-state index contributed by atoms with van der Waals surface area (Å²) in [5.41, 5.74) is 1.12. The van der Waals surface area contributed by atoms with Crippen molar-refractivity contribution < 1.29 is 0 Å². The molecular formula is C12H15N3. The highest BCUT2D eigenvalue weighted by Crippen LogP contribution is 2.16. The van der Waals surface area contributed by atoms with Crippen molar-refractivity contribution in [2.75, 3.05) is 13.1 Å². The van der Waals surface area contributed by atoms with Crippen LogP contribution < -0.4 is 5.32 Å². The van der Waals surface area contributed by atoms with Crippen LogP contribution in [0, 0.1) is 5.92 Å². The molecule has 3 heteroatoms. The lowest BCUT2D eigenvalue weighted by molar-refractivity contribution is 0.489. The van der Waals surface area contributed by atoms with E-state index in [1.807, 2.05) is 12.3 Å². The van der Waals surface area contributed by atoms with Crippen molar-refractivity contribution in [1.82, 2.24) is 14.9 Å². The number of pyridine rings is 1. The van der Waals surface area contributed by atoms with Crippen molar-refractivity contribution in [3.05, 3.63) is 30.6 Å². The van der Waals surface area contributed by atoms with Gasteiger partial charge in [-0.1, -0.05) is 0 Å². The zero-order valence-corrected chi connectivity index (χ0v) is 8.69. The minimum absolute atomic E-state index is 0.766. The molecule has 3 rings (SSSR count). The molecule has 3 nitrogen and oxygen atoms in total. The van der Waals surface area contributed by atoms with Gasteiger partial charge in [0.05, 0.1) is 0 Å². The number of nitrogens with zero attached hydrogens (tertiary/aromatic N) is 2. The third kappa shape index (κ3) is 1.63. The fourth-order valence-electron chi connectivity index (χ4n) is 2.32. The molecule has 1 aliphatic rings. The predicted octanol–water partition coefficient (Wildman–Crippen LogP) is 1.65. The van der Waals surface area contributed by atoms with Crippen LogP contribution in [0.25, 0.3) is 11.0 Å². The van der Waals surface area contributed by atoms with Crippen molar-refractivity contribution in [2.45, 2.75) is 13.0 Å². The van der Waals surface area contributed by atoms with Crippen LogP contribution in [-0.4, -0.2) is 22.6 Å². The van der Waals surface area contributed by atoms with E-state index in [9.17, 15) is 0 Å². The number of hydrogen-bond acceptors (Lipinski definition) is 2. The van der Waals surface area contributed by atoms with Crippen molar-refractivity contribution in [3.63, 3.8) is 0 Å². The second-order valence-electron chi connectivity index (χ2n) is 4.24. The van der Waals surface area contributed by atoms with Crippen LogP contribution in [0.4, 0.5) is 0 Å². The molecule has 1 N–H and O–H groups in total. The lowest BCUT2D eigenvalue weighted by Gasteiger charge is -2.09. The second-order valence-corrected chi connectivity index (χ2v) is 4.24. The van der Waals surface area contributed by atoms with E-state index < -0.39 is 0 Å². The molecule has 2 aromatic rings. The largest absolute Gasteiger partial charge is 0.332 e. The molecule has 1 saturated heterocycles. The number of nitrogens with one attached hydrogen (secondary N) is 1. The molecule has 15 heavy (non-hydrogen) atoms. The number of aromatic nitrogens is 2. The molecular weight excluding hydrogens is 186 g/mol. The highest BCUT2D eigenvalue weighted by Gasteiger charge is 2.15. The van der Waals surface area contributed by atoms with Gasteiger partial charge in [0.2, 0.25) is 0 Å². The maximum absolute atomic E-state index is 4.43. The quantitative estimate of drug-likeness (QED) is 0.800. The van der Waals surface area contributed by atoms with E-state index in [4.69, 9.17) is 0 Å². The van der Waals surface area contributed by atoms with Crippen molar-refractivity contribution in [1.29, 1.82) is 0 Å². The Labute approximate surface area is 89.1 Å². The van der Waals surface area contributed by atoms with Crippen LogP contribution in [-0.2, 0) is 6.54 Å². The van der Waals surface area contributed by atoms with E-state index in [0.717, 1.165) is 31.2 Å². The lowest BCUT2D eigenvalue weighted by atomic mass is 10.1. The molecule has 3 heterocycles. The monoisotopic (exact) mass is 201 g/mol. The summed E-state index contributed by atoms with van der Waals surface area (Å²) in [6.07, 6.45) is 5.30. The summed E-state index contributed by atoms with van der Waals surface area (Å²) < 4.78 is 2.27. The van der Waals surface area contributed by atoms with Crippen LogP contribution in [0.5, 0.6) is 0 Å². The zero-order valence-electron chi connectivity index (χ0n) is 8.69. The van der Waals surface area contributed by atoms with Gasteiger partial charge in [0.25, 0.3) is 0 Å². The Kier molecular flexibility index (Phi) is 2.18. The third-order valence-corrected chi connectivity index (χ3v) is 3.14. The first-order valence-electron chi connectivity index (χ1n) is 5.54. The standard InChI is InChI=1S/C12H15N3/c1-2-11-4-7-15(12(11)14-5-1)9-10-3-6-13-8-10/h1-2,4-5,7,10,13H,3,6,8-9H2. The van der Waals surface area contributed by atoms with E-state index in [2.05, 4.69) is 33.2 Å². The van der Waals surface area contributed by atoms with Crippen LogP contribution in [0.1, 0.15) is 6.42 Å². The van der Waals surface area contributed by atoms with Gasteiger partial charge in [-0.3, -0.25) is 0 Å². The van der Waals surface area contributed by atoms with E-state index in [1.54, 1.807) is 0 Å². The van der Waals surface area contributed by atoms with E-state index in [-0.39, 0.29) is 0 Å². The zero-order chi connectivity index (χ0) is 10.1. The summed E-state index contributed by atoms with van der Waals surface area (Å²) in [5, 5.41) is 4.64. The predicted molar refractivity (Wildman–Crippen MR) is 60.7 cm³/mol. The Hall–Kier alpha value is -1.35.